The van der Waals surface area contributed by atoms with Gasteiger partial charge in [0.05, 0.1) is 17.1 Å². The van der Waals surface area contributed by atoms with E-state index in [-0.39, 0.29) is 18.3 Å². The molecule has 0 spiro atoms. The fraction of sp³-hybridized carbons (Fsp3) is 0.333. The zero-order valence-corrected chi connectivity index (χ0v) is 10.9. The average Bonchev–Trinajstić information content (AvgIpc) is 2.86. The molecule has 3 rings (SSSR count). The van der Waals surface area contributed by atoms with Crippen molar-refractivity contribution in [2.75, 3.05) is 11.4 Å². The summed E-state index contributed by atoms with van der Waals surface area (Å²) in [4.78, 5) is 18.1. The van der Waals surface area contributed by atoms with E-state index in [1.54, 1.807) is 11.8 Å². The fourth-order valence-electron chi connectivity index (χ4n) is 2.24. The third-order valence-corrected chi connectivity index (χ3v) is 3.08. The van der Waals surface area contributed by atoms with Crippen molar-refractivity contribution in [3.8, 4) is 0 Å². The second-order valence-corrected chi connectivity index (χ2v) is 4.33. The summed E-state index contributed by atoms with van der Waals surface area (Å²) < 4.78 is 2.07. The van der Waals surface area contributed by atoms with Gasteiger partial charge in [-0.15, -0.1) is 12.4 Å². The van der Waals surface area contributed by atoms with Crippen LogP contribution >= 0.6 is 12.4 Å². The Kier molecular flexibility index (Phi) is 3.28. The van der Waals surface area contributed by atoms with Crippen molar-refractivity contribution >= 4 is 35.3 Å². The number of hydrogen-bond donors (Lipinski definition) is 1. The van der Waals surface area contributed by atoms with E-state index in [9.17, 15) is 4.79 Å². The van der Waals surface area contributed by atoms with E-state index in [0.29, 0.717) is 12.5 Å². The van der Waals surface area contributed by atoms with E-state index in [2.05, 4.69) is 9.55 Å². The van der Waals surface area contributed by atoms with Gasteiger partial charge in [-0.05, 0) is 19.1 Å². The summed E-state index contributed by atoms with van der Waals surface area (Å²) in [5, 5.41) is 0. The minimum absolute atomic E-state index is 0. The summed E-state index contributed by atoms with van der Waals surface area (Å²) in [5.41, 5.74) is 7.63. The number of halogens is 1. The van der Waals surface area contributed by atoms with Gasteiger partial charge in [0, 0.05) is 13.1 Å². The number of nitrogens with two attached hydrogens (primary N) is 1. The average molecular weight is 267 g/mol. The first-order valence-corrected chi connectivity index (χ1v) is 5.70. The minimum Gasteiger partial charge on any atom is -0.320 e. The van der Waals surface area contributed by atoms with Gasteiger partial charge in [0.15, 0.2) is 0 Å². The van der Waals surface area contributed by atoms with Crippen LogP contribution in [0.15, 0.2) is 24.3 Å². The van der Waals surface area contributed by atoms with E-state index >= 15 is 0 Å². The minimum atomic E-state index is -0.485. The van der Waals surface area contributed by atoms with E-state index in [1.165, 1.54) is 0 Å². The molecule has 2 N–H and O–H groups in total. The molecule has 0 unspecified atom stereocenters. The van der Waals surface area contributed by atoms with Crippen LogP contribution in [0, 0.1) is 0 Å². The first kappa shape index (κ1) is 12.9. The summed E-state index contributed by atoms with van der Waals surface area (Å²) >= 11 is 0. The zero-order chi connectivity index (χ0) is 12.0. The molecule has 0 aliphatic carbocycles. The number of nitrogens with zero attached hydrogens (tertiary/aromatic N) is 3. The number of imidazole rings is 1. The maximum atomic E-state index is 11.9. The largest absolute Gasteiger partial charge is 0.320 e. The Morgan fingerprint density at radius 3 is 2.83 bits per heavy atom. The molecular formula is C12H15ClN4O. The Morgan fingerprint density at radius 2 is 2.11 bits per heavy atom. The Labute approximate surface area is 111 Å². The molecule has 0 radical (unpaired) electrons. The maximum Gasteiger partial charge on any atom is 0.245 e. The van der Waals surface area contributed by atoms with Gasteiger partial charge in [-0.2, -0.15) is 0 Å². The van der Waals surface area contributed by atoms with Crippen LogP contribution in [0.1, 0.15) is 6.92 Å². The molecule has 2 aromatic rings. The van der Waals surface area contributed by atoms with Gasteiger partial charge in [-0.1, -0.05) is 12.1 Å². The first-order valence-electron chi connectivity index (χ1n) is 5.70. The molecule has 2 heterocycles. The molecular weight excluding hydrogens is 252 g/mol. The van der Waals surface area contributed by atoms with Crippen LogP contribution in [0.3, 0.4) is 0 Å². The number of anilines is 1. The van der Waals surface area contributed by atoms with Crippen LogP contribution in [0.5, 0.6) is 0 Å². The van der Waals surface area contributed by atoms with E-state index in [0.717, 1.165) is 17.6 Å². The molecule has 5 nitrogen and oxygen atoms in total. The van der Waals surface area contributed by atoms with Crippen molar-refractivity contribution in [1.29, 1.82) is 0 Å². The van der Waals surface area contributed by atoms with Crippen LogP contribution in [0.2, 0.25) is 0 Å². The highest BCUT2D eigenvalue weighted by Crippen LogP contribution is 2.27. The van der Waals surface area contributed by atoms with E-state index < -0.39 is 6.04 Å². The number of para-hydroxylation sites is 2. The Balaban J connectivity index is 0.00000120. The van der Waals surface area contributed by atoms with E-state index in [4.69, 9.17) is 5.73 Å². The van der Waals surface area contributed by atoms with Crippen LogP contribution in [0.25, 0.3) is 11.0 Å². The highest BCUT2D eigenvalue weighted by molar-refractivity contribution is 5.97. The SMILES string of the molecule is C[C@@H](N)C(=O)N1CCn2c1nc1ccccc12.Cl. The van der Waals surface area contributed by atoms with Crippen LogP contribution in [0.4, 0.5) is 5.95 Å². The lowest BCUT2D eigenvalue weighted by atomic mass is 10.3. The molecule has 1 aromatic carbocycles. The molecule has 18 heavy (non-hydrogen) atoms. The molecule has 0 saturated carbocycles. The molecule has 96 valence electrons. The number of carbonyl (C=O) groups excluding carboxylic acids is 1. The highest BCUT2D eigenvalue weighted by atomic mass is 35.5. The van der Waals surface area contributed by atoms with Crippen molar-refractivity contribution in [2.24, 2.45) is 5.73 Å². The van der Waals surface area contributed by atoms with Gasteiger partial charge in [-0.3, -0.25) is 9.69 Å². The lowest BCUT2D eigenvalue weighted by molar-refractivity contribution is -0.119. The molecule has 1 amide bonds. The Hall–Kier alpha value is -1.59. The van der Waals surface area contributed by atoms with Gasteiger partial charge < -0.3 is 10.3 Å². The van der Waals surface area contributed by atoms with E-state index in [1.807, 2.05) is 24.3 Å². The topological polar surface area (TPSA) is 64.2 Å². The van der Waals surface area contributed by atoms with Gasteiger partial charge in [0.25, 0.3) is 0 Å². The summed E-state index contributed by atoms with van der Waals surface area (Å²) in [7, 11) is 0. The lowest BCUT2D eigenvalue weighted by Gasteiger charge is -2.15. The van der Waals surface area contributed by atoms with Crippen LogP contribution in [-0.4, -0.2) is 28.0 Å². The number of rotatable bonds is 1. The Bertz CT molecular complexity index is 593. The molecule has 1 aromatic heterocycles. The fourth-order valence-corrected chi connectivity index (χ4v) is 2.24. The second-order valence-electron chi connectivity index (χ2n) is 4.33. The third kappa shape index (κ3) is 1.76. The predicted octanol–water partition coefficient (Wildman–Crippen LogP) is 1.15. The number of amides is 1. The van der Waals surface area contributed by atoms with Crippen molar-refractivity contribution in [3.63, 3.8) is 0 Å². The molecule has 0 fully saturated rings. The summed E-state index contributed by atoms with van der Waals surface area (Å²) in [6.07, 6.45) is 0. The molecule has 0 saturated heterocycles. The van der Waals surface area contributed by atoms with Gasteiger partial charge >= 0.3 is 0 Å². The maximum absolute atomic E-state index is 11.9. The molecule has 1 aliphatic rings. The smallest absolute Gasteiger partial charge is 0.245 e. The van der Waals surface area contributed by atoms with Crippen LogP contribution < -0.4 is 10.6 Å². The number of aromatic nitrogens is 2. The number of benzene rings is 1. The molecule has 1 aliphatic heterocycles. The van der Waals surface area contributed by atoms with Gasteiger partial charge in [0.2, 0.25) is 11.9 Å². The van der Waals surface area contributed by atoms with Crippen molar-refractivity contribution < 1.29 is 4.79 Å². The number of carbonyl (C=O) groups is 1. The Morgan fingerprint density at radius 1 is 1.39 bits per heavy atom. The summed E-state index contributed by atoms with van der Waals surface area (Å²) in [5.74, 6) is 0.646. The number of fused-ring (bicyclic) bond motifs is 3. The zero-order valence-electron chi connectivity index (χ0n) is 10.0. The van der Waals surface area contributed by atoms with Gasteiger partial charge in [0.1, 0.15) is 0 Å². The van der Waals surface area contributed by atoms with Crippen molar-refractivity contribution in [3.05, 3.63) is 24.3 Å². The number of hydrogen-bond acceptors (Lipinski definition) is 3. The van der Waals surface area contributed by atoms with Gasteiger partial charge in [-0.25, -0.2) is 4.98 Å². The van der Waals surface area contributed by atoms with Crippen LogP contribution in [-0.2, 0) is 11.3 Å². The normalized spacial score (nSPS) is 15.3. The molecule has 1 atom stereocenters. The van der Waals surface area contributed by atoms with Crippen molar-refractivity contribution in [1.82, 2.24) is 9.55 Å². The predicted molar refractivity (Wildman–Crippen MR) is 73.0 cm³/mol. The van der Waals surface area contributed by atoms with Crippen molar-refractivity contribution in [2.45, 2.75) is 19.5 Å². The third-order valence-electron chi connectivity index (χ3n) is 3.08. The molecule has 0 bridgehead atoms. The highest BCUT2D eigenvalue weighted by Gasteiger charge is 2.29. The molecule has 6 heteroatoms. The quantitative estimate of drug-likeness (QED) is 0.842. The first-order chi connectivity index (χ1) is 8.18. The summed E-state index contributed by atoms with van der Waals surface area (Å²) in [6.45, 7) is 3.15. The lowest BCUT2D eigenvalue weighted by Crippen LogP contribution is -2.41. The second kappa shape index (κ2) is 4.59. The monoisotopic (exact) mass is 266 g/mol. The standard InChI is InChI=1S/C12H14N4O.ClH/c1-8(13)11(17)16-7-6-15-10-5-3-2-4-9(10)14-12(15)16;/h2-5,8H,6-7,13H2,1H3;1H/t8-;/m1./s1. The summed E-state index contributed by atoms with van der Waals surface area (Å²) in [6, 6.07) is 7.41.